The Bertz CT molecular complexity index is 1160. The van der Waals surface area contributed by atoms with Crippen LogP contribution in [0.25, 0.3) is 10.8 Å². The third-order valence-corrected chi connectivity index (χ3v) is 11.4. The van der Waals surface area contributed by atoms with Crippen molar-refractivity contribution in [1.82, 2.24) is 0 Å². The number of aryl methyl sites for hydroxylation is 2. The maximum atomic E-state index is 12.2. The van der Waals surface area contributed by atoms with Crippen LogP contribution in [0.5, 0.6) is 0 Å². The van der Waals surface area contributed by atoms with Gasteiger partial charge in [0, 0.05) is 5.39 Å². The molecule has 48 heavy (non-hydrogen) atoms. The maximum absolute atomic E-state index is 12.2. The van der Waals surface area contributed by atoms with E-state index in [9.17, 15) is 13.0 Å². The summed E-state index contributed by atoms with van der Waals surface area (Å²) in [5.41, 5.74) is 2.37. The molecule has 0 bridgehead atoms. The van der Waals surface area contributed by atoms with Crippen LogP contribution in [0, 0.1) is 0 Å². The molecule has 0 heterocycles. The first-order valence-electron chi connectivity index (χ1n) is 21.0. The Morgan fingerprint density at radius 2 is 0.771 bits per heavy atom. The predicted octanol–water partition coefficient (Wildman–Crippen LogP) is 14.9. The van der Waals surface area contributed by atoms with Crippen molar-refractivity contribution in [2.75, 3.05) is 0 Å². The maximum Gasteiger partial charge on any atom is 0.295 e. The van der Waals surface area contributed by atoms with Crippen molar-refractivity contribution in [3.05, 3.63) is 41.5 Å². The van der Waals surface area contributed by atoms with Gasteiger partial charge in [0.15, 0.2) is 0 Å². The van der Waals surface area contributed by atoms with Crippen LogP contribution in [0.4, 0.5) is 0 Å². The Labute approximate surface area is 298 Å². The van der Waals surface area contributed by atoms with E-state index in [0.717, 1.165) is 31.1 Å². The van der Waals surface area contributed by atoms with E-state index in [0.29, 0.717) is 5.39 Å². The molecular formula is C44H76O3S. The van der Waals surface area contributed by atoms with Crippen LogP contribution in [0.2, 0.25) is 0 Å². The third-order valence-electron chi connectivity index (χ3n) is 10.5. The predicted molar refractivity (Wildman–Crippen MR) is 211 cm³/mol. The molecule has 0 spiro atoms. The first-order chi connectivity index (χ1) is 23.5. The van der Waals surface area contributed by atoms with Gasteiger partial charge in [-0.25, -0.2) is 0 Å². The summed E-state index contributed by atoms with van der Waals surface area (Å²) in [5, 5.41) is 1.67. The minimum Gasteiger partial charge on any atom is -0.282 e. The summed E-state index contributed by atoms with van der Waals surface area (Å²) in [6, 6.07) is 9.85. The van der Waals surface area contributed by atoms with Crippen molar-refractivity contribution in [3.8, 4) is 0 Å². The largest absolute Gasteiger partial charge is 0.295 e. The summed E-state index contributed by atoms with van der Waals surface area (Å²) in [7, 11) is -4.26. The molecule has 2 rings (SSSR count). The fourth-order valence-electron chi connectivity index (χ4n) is 7.42. The van der Waals surface area contributed by atoms with Gasteiger partial charge in [-0.05, 0) is 54.3 Å². The quantitative estimate of drug-likeness (QED) is 0.0601. The zero-order valence-corrected chi connectivity index (χ0v) is 32.5. The van der Waals surface area contributed by atoms with Crippen LogP contribution < -0.4 is 0 Å². The smallest absolute Gasteiger partial charge is 0.282 e. The van der Waals surface area contributed by atoms with Crippen molar-refractivity contribution in [3.63, 3.8) is 0 Å². The highest BCUT2D eigenvalue weighted by Gasteiger charge is 2.16. The van der Waals surface area contributed by atoms with Gasteiger partial charge in [-0.2, -0.15) is 8.42 Å². The van der Waals surface area contributed by atoms with E-state index in [1.807, 2.05) is 12.1 Å². The molecule has 0 saturated heterocycles. The number of hydrogen-bond donors (Lipinski definition) is 1. The second kappa shape index (κ2) is 28.3. The molecule has 0 radical (unpaired) electrons. The second-order valence-corrected chi connectivity index (χ2v) is 16.4. The van der Waals surface area contributed by atoms with Crippen LogP contribution in [-0.4, -0.2) is 13.0 Å². The van der Waals surface area contributed by atoms with Gasteiger partial charge in [0.2, 0.25) is 0 Å². The van der Waals surface area contributed by atoms with E-state index >= 15 is 0 Å². The van der Waals surface area contributed by atoms with E-state index in [1.165, 1.54) is 191 Å². The molecule has 1 N–H and O–H groups in total. The summed E-state index contributed by atoms with van der Waals surface area (Å²) < 4.78 is 34.5. The Balaban J connectivity index is 1.62. The number of rotatable bonds is 33. The van der Waals surface area contributed by atoms with Gasteiger partial charge in [-0.3, -0.25) is 4.55 Å². The third kappa shape index (κ3) is 20.3. The van der Waals surface area contributed by atoms with E-state index in [2.05, 4.69) is 26.0 Å². The molecule has 0 fully saturated rings. The highest BCUT2D eigenvalue weighted by molar-refractivity contribution is 7.86. The molecule has 0 aliphatic heterocycles. The standard InChI is InChI=1S/C44H76O3S/c1-3-5-7-9-11-13-15-17-19-21-23-25-27-29-31-33-40-35-37-42-41(36-38-44(43(42)39-40)48(45,46)47)34-32-30-28-26-24-22-20-18-16-14-12-10-8-6-4-2/h35-39H,3-34H2,1-2H3,(H,45,46,47). The fourth-order valence-corrected chi connectivity index (χ4v) is 8.10. The minimum atomic E-state index is -4.26. The summed E-state index contributed by atoms with van der Waals surface area (Å²) in [5.74, 6) is 0. The van der Waals surface area contributed by atoms with Gasteiger partial charge in [0.1, 0.15) is 4.90 Å². The van der Waals surface area contributed by atoms with Crippen molar-refractivity contribution in [1.29, 1.82) is 0 Å². The summed E-state index contributed by atoms with van der Waals surface area (Å²) in [6.07, 6.45) is 42.6. The summed E-state index contributed by atoms with van der Waals surface area (Å²) in [4.78, 5) is 0.0519. The van der Waals surface area contributed by atoms with Crippen LogP contribution in [0.1, 0.15) is 218 Å². The van der Waals surface area contributed by atoms with Crippen molar-refractivity contribution in [2.45, 2.75) is 224 Å². The Hall–Kier alpha value is -1.39. The molecule has 0 atom stereocenters. The number of benzene rings is 2. The van der Waals surface area contributed by atoms with Gasteiger partial charge in [-0.1, -0.05) is 212 Å². The van der Waals surface area contributed by atoms with Gasteiger partial charge >= 0.3 is 0 Å². The lowest BCUT2D eigenvalue weighted by Crippen LogP contribution is -2.01. The molecule has 3 nitrogen and oxygen atoms in total. The van der Waals surface area contributed by atoms with Crippen molar-refractivity contribution >= 4 is 20.9 Å². The van der Waals surface area contributed by atoms with Crippen LogP contribution in [0.15, 0.2) is 35.2 Å². The minimum absolute atomic E-state index is 0.0519. The normalized spacial score (nSPS) is 12.0. The highest BCUT2D eigenvalue weighted by Crippen LogP contribution is 2.29. The summed E-state index contributed by atoms with van der Waals surface area (Å²) in [6.45, 7) is 4.57. The Morgan fingerprint density at radius 3 is 1.15 bits per heavy atom. The monoisotopic (exact) mass is 685 g/mol. The van der Waals surface area contributed by atoms with Gasteiger partial charge in [0.25, 0.3) is 10.1 Å². The van der Waals surface area contributed by atoms with Crippen LogP contribution in [0.3, 0.4) is 0 Å². The zero-order chi connectivity index (χ0) is 34.5. The molecule has 0 aliphatic rings. The highest BCUT2D eigenvalue weighted by atomic mass is 32.2. The molecule has 4 heteroatoms. The first-order valence-corrected chi connectivity index (χ1v) is 22.4. The molecule has 0 saturated carbocycles. The molecule has 2 aromatic carbocycles. The van der Waals surface area contributed by atoms with Crippen LogP contribution >= 0.6 is 0 Å². The number of unbranched alkanes of at least 4 members (excludes halogenated alkanes) is 28. The lowest BCUT2D eigenvalue weighted by atomic mass is 9.96. The molecule has 276 valence electrons. The lowest BCUT2D eigenvalue weighted by Gasteiger charge is -2.12. The molecular weight excluding hydrogens is 609 g/mol. The van der Waals surface area contributed by atoms with Gasteiger partial charge < -0.3 is 0 Å². The van der Waals surface area contributed by atoms with E-state index < -0.39 is 10.1 Å². The second-order valence-electron chi connectivity index (χ2n) is 15.0. The number of fused-ring (bicyclic) bond motifs is 1. The molecule has 0 aliphatic carbocycles. The van der Waals surface area contributed by atoms with E-state index in [-0.39, 0.29) is 4.90 Å². The van der Waals surface area contributed by atoms with E-state index in [4.69, 9.17) is 0 Å². The molecule has 0 unspecified atom stereocenters. The molecule has 2 aromatic rings. The topological polar surface area (TPSA) is 54.4 Å². The lowest BCUT2D eigenvalue weighted by molar-refractivity contribution is 0.484. The average Bonchev–Trinajstić information content (AvgIpc) is 3.07. The molecule has 0 amide bonds. The molecule has 0 aromatic heterocycles. The van der Waals surface area contributed by atoms with Crippen LogP contribution in [-0.2, 0) is 23.0 Å². The fraction of sp³-hybridized carbons (Fsp3) is 0.773. The Morgan fingerprint density at radius 1 is 0.417 bits per heavy atom. The first kappa shape index (κ1) is 42.8. The zero-order valence-electron chi connectivity index (χ0n) is 31.7. The van der Waals surface area contributed by atoms with E-state index in [1.54, 1.807) is 6.07 Å². The average molecular weight is 685 g/mol. The van der Waals surface area contributed by atoms with Crippen molar-refractivity contribution < 1.29 is 13.0 Å². The van der Waals surface area contributed by atoms with Gasteiger partial charge in [0.05, 0.1) is 0 Å². The van der Waals surface area contributed by atoms with Gasteiger partial charge in [-0.15, -0.1) is 0 Å². The van der Waals surface area contributed by atoms with Crippen molar-refractivity contribution in [2.24, 2.45) is 0 Å². The summed E-state index contributed by atoms with van der Waals surface area (Å²) >= 11 is 0. The Kier molecular flexibility index (Phi) is 25.2. The SMILES string of the molecule is CCCCCCCCCCCCCCCCCc1ccc2c(CCCCCCCCCCCCCCCCC)ccc(S(=O)(=O)O)c2c1. The number of hydrogen-bond acceptors (Lipinski definition) is 2.